The number of nitrogens with one attached hydrogen (secondary N) is 1. The molecule has 1 heterocycles. The lowest BCUT2D eigenvalue weighted by Gasteiger charge is -2.17. The molecule has 7 nitrogen and oxygen atoms in total. The molecule has 9 heteroatoms. The molecule has 0 amide bonds. The molecule has 0 saturated carbocycles. The average molecular weight is 384 g/mol. The van der Waals surface area contributed by atoms with Crippen LogP contribution in [0.4, 0.5) is 11.5 Å². The molecule has 0 aliphatic carbocycles. The molecule has 1 unspecified atom stereocenters. The standard InChI is InChI=1S/C16H15Cl2N3O4/c1-2-11(20-15-6-4-12(8-19-15)21(23)24)9-25-16(22)10-3-5-13(17)14(18)7-10/h3-8,11H,2,9H2,1H3,(H,19,20). The fraction of sp³-hybridized carbons (Fsp3) is 0.250. The first kappa shape index (κ1) is 19.0. The van der Waals surface area contributed by atoms with Gasteiger partial charge in [0.15, 0.2) is 0 Å². The number of hydrogen-bond acceptors (Lipinski definition) is 6. The smallest absolute Gasteiger partial charge is 0.338 e. The van der Waals surface area contributed by atoms with Crippen LogP contribution in [0, 0.1) is 10.1 Å². The van der Waals surface area contributed by atoms with E-state index >= 15 is 0 Å². The fourth-order valence-corrected chi connectivity index (χ4v) is 2.23. The summed E-state index contributed by atoms with van der Waals surface area (Å²) in [7, 11) is 0. The topological polar surface area (TPSA) is 94.4 Å². The third kappa shape index (κ3) is 5.30. The van der Waals surface area contributed by atoms with Crippen LogP contribution >= 0.6 is 23.2 Å². The van der Waals surface area contributed by atoms with Gasteiger partial charge in [0, 0.05) is 6.07 Å². The molecule has 1 aromatic carbocycles. The maximum Gasteiger partial charge on any atom is 0.338 e. The zero-order valence-corrected chi connectivity index (χ0v) is 14.8. The monoisotopic (exact) mass is 383 g/mol. The number of nitro groups is 1. The van der Waals surface area contributed by atoms with Gasteiger partial charge in [-0.3, -0.25) is 10.1 Å². The Morgan fingerprint density at radius 2 is 2.08 bits per heavy atom. The van der Waals surface area contributed by atoms with Crippen molar-refractivity contribution in [2.75, 3.05) is 11.9 Å². The van der Waals surface area contributed by atoms with Crippen LogP contribution in [0.5, 0.6) is 0 Å². The fourth-order valence-electron chi connectivity index (χ4n) is 1.93. The third-order valence-electron chi connectivity index (χ3n) is 3.37. The van der Waals surface area contributed by atoms with Crippen molar-refractivity contribution >= 4 is 40.7 Å². The van der Waals surface area contributed by atoms with Crippen LogP contribution in [-0.2, 0) is 4.74 Å². The van der Waals surface area contributed by atoms with Gasteiger partial charge in [0.2, 0.25) is 0 Å². The summed E-state index contributed by atoms with van der Waals surface area (Å²) in [5.41, 5.74) is 0.211. The molecule has 0 aliphatic heterocycles. The molecule has 2 rings (SSSR count). The van der Waals surface area contributed by atoms with E-state index < -0.39 is 10.9 Å². The molecule has 0 aliphatic rings. The highest BCUT2D eigenvalue weighted by Crippen LogP contribution is 2.23. The highest BCUT2D eigenvalue weighted by molar-refractivity contribution is 6.42. The Labute approximate surface area is 154 Å². The number of esters is 1. The lowest BCUT2D eigenvalue weighted by atomic mass is 10.2. The van der Waals surface area contributed by atoms with Crippen LogP contribution in [0.15, 0.2) is 36.5 Å². The predicted molar refractivity (Wildman–Crippen MR) is 95.3 cm³/mol. The molecule has 0 fully saturated rings. The van der Waals surface area contributed by atoms with Crippen molar-refractivity contribution in [2.45, 2.75) is 19.4 Å². The minimum absolute atomic E-state index is 0.0929. The first-order valence-corrected chi connectivity index (χ1v) is 8.15. The quantitative estimate of drug-likeness (QED) is 0.433. The highest BCUT2D eigenvalue weighted by atomic mass is 35.5. The zero-order valence-electron chi connectivity index (χ0n) is 13.2. The maximum atomic E-state index is 12.1. The number of carbonyl (C=O) groups is 1. The van der Waals surface area contributed by atoms with Crippen molar-refractivity contribution in [3.63, 3.8) is 0 Å². The number of nitrogens with zero attached hydrogens (tertiary/aromatic N) is 2. The van der Waals surface area contributed by atoms with Crippen LogP contribution in [0.25, 0.3) is 0 Å². The van der Waals surface area contributed by atoms with Crippen molar-refractivity contribution < 1.29 is 14.5 Å². The molecule has 1 aromatic heterocycles. The molecule has 1 atom stereocenters. The summed E-state index contributed by atoms with van der Waals surface area (Å²) < 4.78 is 5.27. The van der Waals surface area contributed by atoms with Crippen molar-refractivity contribution in [1.82, 2.24) is 4.98 Å². The number of halogens is 2. The minimum atomic E-state index is -0.521. The molecule has 0 spiro atoms. The first-order chi connectivity index (χ1) is 11.9. The van der Waals surface area contributed by atoms with E-state index in [0.717, 1.165) is 6.20 Å². The number of anilines is 1. The normalized spacial score (nSPS) is 11.6. The Kier molecular flexibility index (Phi) is 6.55. The van der Waals surface area contributed by atoms with Crippen LogP contribution in [0.1, 0.15) is 23.7 Å². The number of rotatable bonds is 7. The second kappa shape index (κ2) is 8.64. The van der Waals surface area contributed by atoms with Crippen LogP contribution in [0.2, 0.25) is 10.0 Å². The van der Waals surface area contributed by atoms with Gasteiger partial charge in [-0.1, -0.05) is 30.1 Å². The van der Waals surface area contributed by atoms with Gasteiger partial charge < -0.3 is 10.1 Å². The Morgan fingerprint density at radius 3 is 2.64 bits per heavy atom. The Balaban J connectivity index is 1.93. The Bertz CT molecular complexity index is 768. The van der Waals surface area contributed by atoms with Crippen molar-refractivity contribution in [2.24, 2.45) is 0 Å². The maximum absolute atomic E-state index is 12.1. The molecule has 132 valence electrons. The summed E-state index contributed by atoms with van der Waals surface area (Å²) in [6.07, 6.45) is 1.82. The summed E-state index contributed by atoms with van der Waals surface area (Å²) >= 11 is 11.7. The van der Waals surface area contributed by atoms with Crippen LogP contribution in [-0.4, -0.2) is 28.5 Å². The number of pyridine rings is 1. The summed E-state index contributed by atoms with van der Waals surface area (Å²) in [6, 6.07) is 7.16. The molecule has 25 heavy (non-hydrogen) atoms. The predicted octanol–water partition coefficient (Wildman–Crippen LogP) is 4.34. The van der Waals surface area contributed by atoms with E-state index in [1.807, 2.05) is 6.92 Å². The molecule has 0 saturated heterocycles. The number of benzene rings is 1. The van der Waals surface area contributed by atoms with E-state index in [9.17, 15) is 14.9 Å². The lowest BCUT2D eigenvalue weighted by Crippen LogP contribution is -2.26. The van der Waals surface area contributed by atoms with Gasteiger partial charge in [-0.2, -0.15) is 0 Å². The van der Waals surface area contributed by atoms with E-state index in [1.165, 1.54) is 30.3 Å². The van der Waals surface area contributed by atoms with Crippen LogP contribution in [0.3, 0.4) is 0 Å². The van der Waals surface area contributed by atoms with Crippen LogP contribution < -0.4 is 5.32 Å². The molecule has 2 aromatic rings. The average Bonchev–Trinajstić information content (AvgIpc) is 2.61. The van der Waals surface area contributed by atoms with Gasteiger partial charge in [0.25, 0.3) is 5.69 Å². The van der Waals surface area contributed by atoms with Gasteiger partial charge in [-0.05, 0) is 30.7 Å². The van der Waals surface area contributed by atoms with Crippen molar-refractivity contribution in [3.05, 3.63) is 62.3 Å². The van der Waals surface area contributed by atoms with E-state index in [2.05, 4.69) is 10.3 Å². The number of ether oxygens (including phenoxy) is 1. The van der Waals surface area contributed by atoms with Gasteiger partial charge in [0.05, 0.1) is 26.6 Å². The summed E-state index contributed by atoms with van der Waals surface area (Å²) in [5.74, 6) is -0.0569. The molecule has 1 N–H and O–H groups in total. The van der Waals surface area contributed by atoms with E-state index in [4.69, 9.17) is 27.9 Å². The van der Waals surface area contributed by atoms with Gasteiger partial charge >= 0.3 is 5.97 Å². The van der Waals surface area contributed by atoms with E-state index in [-0.39, 0.29) is 23.4 Å². The third-order valence-corrected chi connectivity index (χ3v) is 4.11. The molecule has 0 bridgehead atoms. The summed E-state index contributed by atoms with van der Waals surface area (Å²) in [6.45, 7) is 2.02. The minimum Gasteiger partial charge on any atom is -0.460 e. The van der Waals surface area contributed by atoms with Crippen molar-refractivity contribution in [3.8, 4) is 0 Å². The highest BCUT2D eigenvalue weighted by Gasteiger charge is 2.14. The summed E-state index contributed by atoms with van der Waals surface area (Å²) in [5, 5.41) is 14.3. The number of hydrogen-bond donors (Lipinski definition) is 1. The second-order valence-electron chi connectivity index (χ2n) is 5.14. The van der Waals surface area contributed by atoms with Gasteiger partial charge in [0.1, 0.15) is 18.6 Å². The van der Waals surface area contributed by atoms with Crippen molar-refractivity contribution in [1.29, 1.82) is 0 Å². The molecule has 0 radical (unpaired) electrons. The summed E-state index contributed by atoms with van der Waals surface area (Å²) in [4.78, 5) is 26.1. The molecular weight excluding hydrogens is 369 g/mol. The lowest BCUT2D eigenvalue weighted by molar-refractivity contribution is -0.385. The van der Waals surface area contributed by atoms with Gasteiger partial charge in [-0.15, -0.1) is 0 Å². The first-order valence-electron chi connectivity index (χ1n) is 7.40. The van der Waals surface area contributed by atoms with E-state index in [0.29, 0.717) is 22.8 Å². The number of carbonyl (C=O) groups excluding carboxylic acids is 1. The largest absolute Gasteiger partial charge is 0.460 e. The zero-order chi connectivity index (χ0) is 18.4. The van der Waals surface area contributed by atoms with E-state index in [1.54, 1.807) is 0 Å². The second-order valence-corrected chi connectivity index (χ2v) is 5.95. The SMILES string of the molecule is CCC(COC(=O)c1ccc(Cl)c(Cl)c1)Nc1ccc([N+](=O)[O-])cn1. The number of aromatic nitrogens is 1. The molecular formula is C16H15Cl2N3O4. The van der Waals surface area contributed by atoms with Gasteiger partial charge in [-0.25, -0.2) is 9.78 Å². The Hall–Kier alpha value is -2.38. The Morgan fingerprint density at radius 1 is 1.32 bits per heavy atom.